The molecule has 1 aliphatic rings. The van der Waals surface area contributed by atoms with Crippen LogP contribution < -0.4 is 0 Å². The molecule has 3 nitrogen and oxygen atoms in total. The molecular formula is C10H9NO2. The Morgan fingerprint density at radius 2 is 2.23 bits per heavy atom. The molecule has 2 rings (SSSR count). The standard InChI is InChI=1S/C10H9NO2/c1-10(13-7-12)6-11-9-5-3-2-4-8(9)10/h2-7H,1H3. The van der Waals surface area contributed by atoms with E-state index in [1.807, 2.05) is 31.2 Å². The highest BCUT2D eigenvalue weighted by molar-refractivity contribution is 5.84. The molecule has 1 aliphatic heterocycles. The number of hydrogen-bond acceptors (Lipinski definition) is 3. The van der Waals surface area contributed by atoms with Gasteiger partial charge in [0.1, 0.15) is 0 Å². The van der Waals surface area contributed by atoms with Crippen LogP contribution in [0.4, 0.5) is 5.69 Å². The first-order valence-corrected chi connectivity index (χ1v) is 4.02. The van der Waals surface area contributed by atoms with Gasteiger partial charge in [-0.2, -0.15) is 0 Å². The Labute approximate surface area is 76.1 Å². The van der Waals surface area contributed by atoms with Crippen LogP contribution in [0, 0.1) is 0 Å². The average Bonchev–Trinajstić information content (AvgIpc) is 2.46. The fraction of sp³-hybridized carbons (Fsp3) is 0.200. The predicted molar refractivity (Wildman–Crippen MR) is 49.1 cm³/mol. The number of benzene rings is 1. The van der Waals surface area contributed by atoms with Crippen molar-refractivity contribution in [3.63, 3.8) is 0 Å². The number of ether oxygens (including phenoxy) is 1. The van der Waals surface area contributed by atoms with E-state index in [1.54, 1.807) is 6.21 Å². The van der Waals surface area contributed by atoms with Gasteiger partial charge in [0, 0.05) is 5.56 Å². The van der Waals surface area contributed by atoms with Gasteiger partial charge in [-0.15, -0.1) is 0 Å². The molecule has 1 heterocycles. The molecule has 0 fully saturated rings. The Morgan fingerprint density at radius 1 is 1.46 bits per heavy atom. The summed E-state index contributed by atoms with van der Waals surface area (Å²) in [6.07, 6.45) is 1.64. The van der Waals surface area contributed by atoms with Crippen LogP contribution in [0.5, 0.6) is 0 Å². The van der Waals surface area contributed by atoms with Gasteiger partial charge in [-0.25, -0.2) is 0 Å². The SMILES string of the molecule is CC1(OC=O)C=Nc2ccccc21. The van der Waals surface area contributed by atoms with Gasteiger partial charge in [-0.1, -0.05) is 18.2 Å². The molecule has 1 aromatic carbocycles. The molecule has 1 atom stereocenters. The number of rotatable bonds is 2. The fourth-order valence-electron chi connectivity index (χ4n) is 1.46. The molecule has 0 N–H and O–H groups in total. The Hall–Kier alpha value is -1.64. The van der Waals surface area contributed by atoms with Crippen molar-refractivity contribution >= 4 is 18.4 Å². The molecule has 0 radical (unpaired) electrons. The maximum absolute atomic E-state index is 10.3. The molecule has 1 aromatic rings. The van der Waals surface area contributed by atoms with Gasteiger partial charge in [0.2, 0.25) is 0 Å². The first kappa shape index (κ1) is 7.98. The molecular weight excluding hydrogens is 166 g/mol. The molecule has 13 heavy (non-hydrogen) atoms. The van der Waals surface area contributed by atoms with Crippen molar-refractivity contribution in [3.05, 3.63) is 29.8 Å². The zero-order valence-corrected chi connectivity index (χ0v) is 7.23. The average molecular weight is 175 g/mol. The highest BCUT2D eigenvalue weighted by Gasteiger charge is 2.32. The normalized spacial score (nSPS) is 24.1. The summed E-state index contributed by atoms with van der Waals surface area (Å²) in [5, 5.41) is 0. The number of carbonyl (C=O) groups excluding carboxylic acids is 1. The van der Waals surface area contributed by atoms with E-state index in [9.17, 15) is 4.79 Å². The van der Waals surface area contributed by atoms with Crippen molar-refractivity contribution in [2.75, 3.05) is 0 Å². The summed E-state index contributed by atoms with van der Waals surface area (Å²) in [7, 11) is 0. The van der Waals surface area contributed by atoms with E-state index in [0.29, 0.717) is 6.47 Å². The summed E-state index contributed by atoms with van der Waals surface area (Å²) >= 11 is 0. The van der Waals surface area contributed by atoms with Crippen LogP contribution in [0.3, 0.4) is 0 Å². The number of nitrogens with zero attached hydrogens (tertiary/aromatic N) is 1. The van der Waals surface area contributed by atoms with Crippen molar-refractivity contribution < 1.29 is 9.53 Å². The van der Waals surface area contributed by atoms with Crippen molar-refractivity contribution in [1.29, 1.82) is 0 Å². The molecule has 0 saturated heterocycles. The molecule has 0 amide bonds. The minimum atomic E-state index is -0.682. The monoisotopic (exact) mass is 175 g/mol. The second-order valence-electron chi connectivity index (χ2n) is 3.10. The second kappa shape index (κ2) is 2.69. The molecule has 3 heteroatoms. The zero-order chi connectivity index (χ0) is 9.31. The molecule has 0 spiro atoms. The van der Waals surface area contributed by atoms with E-state index in [-0.39, 0.29) is 0 Å². The zero-order valence-electron chi connectivity index (χ0n) is 7.23. The molecule has 0 aliphatic carbocycles. The molecule has 0 bridgehead atoms. The van der Waals surface area contributed by atoms with Gasteiger partial charge >= 0.3 is 0 Å². The van der Waals surface area contributed by atoms with Crippen molar-refractivity contribution in [3.8, 4) is 0 Å². The summed E-state index contributed by atoms with van der Waals surface area (Å²) in [5.41, 5.74) is 1.12. The third-order valence-electron chi connectivity index (χ3n) is 2.18. The Morgan fingerprint density at radius 3 is 3.00 bits per heavy atom. The van der Waals surface area contributed by atoms with Crippen molar-refractivity contribution in [2.45, 2.75) is 12.5 Å². The number of para-hydroxylation sites is 1. The van der Waals surface area contributed by atoms with Gasteiger partial charge < -0.3 is 4.74 Å². The Kier molecular flexibility index (Phi) is 1.65. The first-order valence-electron chi connectivity index (χ1n) is 4.02. The van der Waals surface area contributed by atoms with Crippen LogP contribution >= 0.6 is 0 Å². The van der Waals surface area contributed by atoms with Gasteiger partial charge in [0.05, 0.1) is 11.9 Å². The van der Waals surface area contributed by atoms with E-state index in [1.165, 1.54) is 0 Å². The van der Waals surface area contributed by atoms with E-state index in [2.05, 4.69) is 4.99 Å². The van der Waals surface area contributed by atoms with Gasteiger partial charge in [0.25, 0.3) is 6.47 Å². The summed E-state index contributed by atoms with van der Waals surface area (Å²) < 4.78 is 4.99. The number of carbonyl (C=O) groups is 1. The maximum atomic E-state index is 10.3. The molecule has 0 aromatic heterocycles. The van der Waals surface area contributed by atoms with E-state index in [4.69, 9.17) is 4.74 Å². The number of aliphatic imine (C=N–C) groups is 1. The maximum Gasteiger partial charge on any atom is 0.294 e. The number of fused-ring (bicyclic) bond motifs is 1. The highest BCUT2D eigenvalue weighted by Crippen LogP contribution is 2.36. The predicted octanol–water partition coefficient (Wildman–Crippen LogP) is 1.79. The fourth-order valence-corrected chi connectivity index (χ4v) is 1.46. The van der Waals surface area contributed by atoms with Crippen LogP contribution in [0.1, 0.15) is 12.5 Å². The largest absolute Gasteiger partial charge is 0.451 e. The topological polar surface area (TPSA) is 38.7 Å². The van der Waals surface area contributed by atoms with Gasteiger partial charge in [-0.3, -0.25) is 9.79 Å². The second-order valence-corrected chi connectivity index (χ2v) is 3.10. The quantitative estimate of drug-likeness (QED) is 0.643. The van der Waals surface area contributed by atoms with E-state index in [0.717, 1.165) is 11.3 Å². The Bertz CT molecular complexity index is 373. The third-order valence-corrected chi connectivity index (χ3v) is 2.18. The molecule has 66 valence electrons. The van der Waals surface area contributed by atoms with Crippen LogP contribution in [0.15, 0.2) is 29.3 Å². The van der Waals surface area contributed by atoms with E-state index >= 15 is 0 Å². The lowest BCUT2D eigenvalue weighted by Crippen LogP contribution is -2.24. The third kappa shape index (κ3) is 1.13. The first-order chi connectivity index (χ1) is 6.26. The van der Waals surface area contributed by atoms with Crippen LogP contribution in [-0.2, 0) is 15.1 Å². The summed E-state index contributed by atoms with van der Waals surface area (Å²) in [4.78, 5) is 14.5. The van der Waals surface area contributed by atoms with Crippen molar-refractivity contribution in [2.24, 2.45) is 4.99 Å². The Balaban J connectivity index is 2.48. The smallest absolute Gasteiger partial charge is 0.294 e. The lowest BCUT2D eigenvalue weighted by Gasteiger charge is -2.19. The summed E-state index contributed by atoms with van der Waals surface area (Å²) in [6.45, 7) is 2.27. The van der Waals surface area contributed by atoms with E-state index < -0.39 is 5.60 Å². The van der Waals surface area contributed by atoms with Crippen LogP contribution in [-0.4, -0.2) is 12.7 Å². The summed E-state index contributed by atoms with van der Waals surface area (Å²) in [6, 6.07) is 7.61. The molecule has 1 unspecified atom stereocenters. The summed E-state index contributed by atoms with van der Waals surface area (Å²) in [5.74, 6) is 0. The van der Waals surface area contributed by atoms with Crippen molar-refractivity contribution in [1.82, 2.24) is 0 Å². The minimum absolute atomic E-state index is 0.452. The highest BCUT2D eigenvalue weighted by atomic mass is 16.5. The van der Waals surface area contributed by atoms with Crippen LogP contribution in [0.2, 0.25) is 0 Å². The lowest BCUT2D eigenvalue weighted by atomic mass is 9.98. The molecule has 0 saturated carbocycles. The van der Waals surface area contributed by atoms with Gasteiger partial charge in [0.15, 0.2) is 5.60 Å². The minimum Gasteiger partial charge on any atom is -0.451 e. The van der Waals surface area contributed by atoms with Crippen LogP contribution in [0.25, 0.3) is 0 Å². The lowest BCUT2D eigenvalue weighted by molar-refractivity contribution is -0.136. The van der Waals surface area contributed by atoms with Gasteiger partial charge in [-0.05, 0) is 13.0 Å². The number of hydrogen-bond donors (Lipinski definition) is 0.